The number of rotatable bonds is 15. The fraction of sp³-hybridized carbons (Fsp3) is 0.649. The lowest BCUT2D eigenvalue weighted by Gasteiger charge is -2.42. The Bertz CT molecular complexity index is 1660. The summed E-state index contributed by atoms with van der Waals surface area (Å²) < 4.78 is 50.6. The van der Waals surface area contributed by atoms with Crippen LogP contribution >= 0.6 is 0 Å². The molecule has 0 aliphatic carbocycles. The van der Waals surface area contributed by atoms with E-state index in [2.05, 4.69) is 0 Å². The highest BCUT2D eigenvalue weighted by Crippen LogP contribution is 2.38. The maximum Gasteiger partial charge on any atom is 0.309 e. The van der Waals surface area contributed by atoms with E-state index < -0.39 is 118 Å². The third kappa shape index (κ3) is 8.94. The first-order chi connectivity index (χ1) is 27.2. The van der Waals surface area contributed by atoms with Crippen molar-refractivity contribution in [1.82, 2.24) is 0 Å². The van der Waals surface area contributed by atoms with Crippen molar-refractivity contribution in [3.8, 4) is 23.0 Å². The minimum atomic E-state index is -2.03. The van der Waals surface area contributed by atoms with Gasteiger partial charge in [0.25, 0.3) is 0 Å². The molecule has 0 spiro atoms. The minimum Gasteiger partial charge on any atom is -0.493 e. The van der Waals surface area contributed by atoms with Crippen molar-refractivity contribution in [3.63, 3.8) is 0 Å². The molecule has 0 radical (unpaired) electrons. The molecule has 6 rings (SSSR count). The smallest absolute Gasteiger partial charge is 0.309 e. The zero-order valence-electron chi connectivity index (χ0n) is 31.1. The molecule has 10 N–H and O–H groups in total. The highest BCUT2D eigenvalue weighted by Gasteiger charge is 2.54. The Kier molecular flexibility index (Phi) is 13.8. The molecule has 0 aromatic heterocycles. The lowest BCUT2D eigenvalue weighted by Crippen LogP contribution is -2.62. The van der Waals surface area contributed by atoms with Gasteiger partial charge in [0.15, 0.2) is 35.4 Å². The van der Waals surface area contributed by atoms with E-state index in [1.807, 2.05) is 0 Å². The van der Waals surface area contributed by atoms with Crippen LogP contribution in [0.15, 0.2) is 36.4 Å². The molecule has 20 heteroatoms. The van der Waals surface area contributed by atoms with Crippen molar-refractivity contribution in [2.45, 2.75) is 92.2 Å². The van der Waals surface area contributed by atoms with E-state index in [0.29, 0.717) is 12.0 Å². The summed E-state index contributed by atoms with van der Waals surface area (Å²) in [6.07, 6.45) is -17.7. The second kappa shape index (κ2) is 18.2. The van der Waals surface area contributed by atoms with Crippen molar-refractivity contribution in [1.29, 1.82) is 0 Å². The SMILES string of the molecule is COc1cc(C[C@H]2C(=O)OC[C@@H]2Cc2ccc(O[C@@H]3O[C@H](CO)[C@@H](O)[C@H](O)[C@H]3O[C@@H]3OC[C@](O)(CO)[C@H]3O)c(OC)c2)ccc1O[C@@H]1O[C@H](CO)[C@@H](O)[C@H](O)[C@H]1O. The second-order valence-corrected chi connectivity index (χ2v) is 14.5. The molecule has 0 bridgehead atoms. The predicted octanol–water partition coefficient (Wildman–Crippen LogP) is -3.90. The maximum absolute atomic E-state index is 13.0. The van der Waals surface area contributed by atoms with E-state index in [1.54, 1.807) is 36.4 Å². The summed E-state index contributed by atoms with van der Waals surface area (Å²) in [4.78, 5) is 13.0. The normalized spacial score (nSPS) is 38.1. The summed E-state index contributed by atoms with van der Waals surface area (Å²) in [5, 5.41) is 102. The molecule has 4 saturated heterocycles. The number of carbonyl (C=O) groups excluding carboxylic acids is 1. The monoisotopic (exact) mass is 814 g/mol. The van der Waals surface area contributed by atoms with Gasteiger partial charge in [0, 0.05) is 5.92 Å². The van der Waals surface area contributed by atoms with Gasteiger partial charge in [-0.3, -0.25) is 4.79 Å². The number of hydrogen-bond donors (Lipinski definition) is 10. The highest BCUT2D eigenvalue weighted by molar-refractivity contribution is 5.75. The van der Waals surface area contributed by atoms with Crippen LogP contribution in [0.4, 0.5) is 0 Å². The van der Waals surface area contributed by atoms with Crippen LogP contribution in [-0.2, 0) is 41.3 Å². The summed E-state index contributed by atoms with van der Waals surface area (Å²) in [6.45, 7) is -2.50. The van der Waals surface area contributed by atoms with Crippen LogP contribution in [0.1, 0.15) is 11.1 Å². The van der Waals surface area contributed by atoms with Crippen molar-refractivity contribution >= 4 is 5.97 Å². The Morgan fingerprint density at radius 2 is 1.26 bits per heavy atom. The standard InChI is InChI=1S/C37H50O20/c1-49-22-9-16(3-5-21(22)54-35-31(29(44)27(42)25(12-39)56-35)57-36-32(46)37(48,14-40)15-52-36)7-18-13-51-33(47)19(18)8-17-4-6-20(23(10-17)50-2)53-34-30(45)28(43)26(41)24(11-38)55-34/h3-6,9-10,18-19,24-32,34-36,38-46,48H,7-8,11-15H2,1-2H3/t18-,19+,24+,25+,26+,27+,28-,29-,30+,31+,32-,34+,35+,36-,37+/m0/s1. The number of esters is 1. The van der Waals surface area contributed by atoms with Gasteiger partial charge >= 0.3 is 5.97 Å². The maximum atomic E-state index is 13.0. The highest BCUT2D eigenvalue weighted by atomic mass is 16.8. The molecule has 57 heavy (non-hydrogen) atoms. The van der Waals surface area contributed by atoms with E-state index in [4.69, 9.17) is 42.6 Å². The Morgan fingerprint density at radius 1 is 0.702 bits per heavy atom. The number of aliphatic hydroxyl groups is 10. The number of aliphatic hydroxyl groups excluding tert-OH is 9. The number of methoxy groups -OCH3 is 2. The first-order valence-corrected chi connectivity index (χ1v) is 18.3. The van der Waals surface area contributed by atoms with Gasteiger partial charge in [-0.25, -0.2) is 0 Å². The van der Waals surface area contributed by atoms with Crippen LogP contribution in [-0.4, -0.2) is 184 Å². The molecule has 318 valence electrons. The van der Waals surface area contributed by atoms with Gasteiger partial charge in [-0.05, 0) is 48.2 Å². The molecule has 4 fully saturated rings. The van der Waals surface area contributed by atoms with Crippen LogP contribution in [0.25, 0.3) is 0 Å². The quantitative estimate of drug-likeness (QED) is 0.0769. The Balaban J connectivity index is 1.14. The lowest BCUT2D eigenvalue weighted by atomic mass is 9.85. The van der Waals surface area contributed by atoms with Gasteiger partial charge in [0.05, 0.1) is 53.2 Å². The predicted molar refractivity (Wildman–Crippen MR) is 187 cm³/mol. The van der Waals surface area contributed by atoms with Crippen LogP contribution < -0.4 is 18.9 Å². The van der Waals surface area contributed by atoms with Crippen molar-refractivity contribution in [2.75, 3.05) is 47.3 Å². The average molecular weight is 815 g/mol. The molecule has 0 saturated carbocycles. The molecular weight excluding hydrogens is 764 g/mol. The third-order valence-corrected chi connectivity index (χ3v) is 10.8. The van der Waals surface area contributed by atoms with E-state index in [9.17, 15) is 55.9 Å². The summed E-state index contributed by atoms with van der Waals surface area (Å²) >= 11 is 0. The molecule has 0 unspecified atom stereocenters. The average Bonchev–Trinajstić information content (AvgIpc) is 3.70. The molecular formula is C37H50O20. The molecule has 20 nitrogen and oxygen atoms in total. The molecule has 4 aliphatic heterocycles. The molecule has 2 aromatic rings. The van der Waals surface area contributed by atoms with E-state index in [0.717, 1.165) is 5.56 Å². The topological polar surface area (TPSA) is 302 Å². The van der Waals surface area contributed by atoms with Crippen LogP contribution in [0, 0.1) is 11.8 Å². The number of carbonyl (C=O) groups is 1. The number of benzene rings is 2. The first kappa shape index (κ1) is 43.1. The Hall–Kier alpha value is -3.45. The molecule has 0 amide bonds. The minimum absolute atomic E-state index is 0.105. The van der Waals surface area contributed by atoms with E-state index in [-0.39, 0.29) is 41.9 Å². The molecule has 4 aliphatic rings. The summed E-state index contributed by atoms with van der Waals surface area (Å²) in [5.41, 5.74) is -0.606. The van der Waals surface area contributed by atoms with Crippen LogP contribution in [0.3, 0.4) is 0 Å². The molecule has 15 atom stereocenters. The zero-order chi connectivity index (χ0) is 41.2. The number of cyclic esters (lactones) is 1. The molecule has 2 aromatic carbocycles. The van der Waals surface area contributed by atoms with Gasteiger partial charge in [0.1, 0.15) is 54.4 Å². The summed E-state index contributed by atoms with van der Waals surface area (Å²) in [7, 11) is 2.78. The van der Waals surface area contributed by atoms with E-state index in [1.165, 1.54) is 14.2 Å². The van der Waals surface area contributed by atoms with Crippen molar-refractivity contribution in [2.24, 2.45) is 11.8 Å². The third-order valence-electron chi connectivity index (χ3n) is 10.8. The van der Waals surface area contributed by atoms with Gasteiger partial charge < -0.3 is 93.7 Å². The van der Waals surface area contributed by atoms with Crippen LogP contribution in [0.5, 0.6) is 23.0 Å². The second-order valence-electron chi connectivity index (χ2n) is 14.5. The van der Waals surface area contributed by atoms with Crippen LogP contribution in [0.2, 0.25) is 0 Å². The van der Waals surface area contributed by atoms with E-state index >= 15 is 0 Å². The number of hydrogen-bond acceptors (Lipinski definition) is 20. The summed E-state index contributed by atoms with van der Waals surface area (Å²) in [5.74, 6) is -0.561. The molecule has 4 heterocycles. The van der Waals surface area contributed by atoms with Crippen molar-refractivity contribution < 1.29 is 98.5 Å². The van der Waals surface area contributed by atoms with Gasteiger partial charge in [-0.1, -0.05) is 12.1 Å². The Morgan fingerprint density at radius 3 is 1.82 bits per heavy atom. The van der Waals surface area contributed by atoms with Gasteiger partial charge in [0.2, 0.25) is 12.6 Å². The fourth-order valence-electron chi connectivity index (χ4n) is 7.26. The first-order valence-electron chi connectivity index (χ1n) is 18.3. The van der Waals surface area contributed by atoms with Gasteiger partial charge in [-0.15, -0.1) is 0 Å². The van der Waals surface area contributed by atoms with Gasteiger partial charge in [-0.2, -0.15) is 0 Å². The van der Waals surface area contributed by atoms with Crippen molar-refractivity contribution in [3.05, 3.63) is 47.5 Å². The fourth-order valence-corrected chi connectivity index (χ4v) is 7.26. The summed E-state index contributed by atoms with van der Waals surface area (Å²) in [6, 6.07) is 9.81. The zero-order valence-corrected chi connectivity index (χ0v) is 31.1. The largest absolute Gasteiger partial charge is 0.493 e. The Labute approximate surface area is 326 Å². The number of ether oxygens (including phenoxy) is 9. The lowest BCUT2D eigenvalue weighted by molar-refractivity contribution is -0.319.